The molecule has 2 heterocycles. The molecule has 0 saturated carbocycles. The summed E-state index contributed by atoms with van der Waals surface area (Å²) in [5.41, 5.74) is 2.09. The molecule has 4 rings (SSSR count). The quantitative estimate of drug-likeness (QED) is 0.778. The molecule has 1 N–H and O–H groups in total. The van der Waals surface area contributed by atoms with Gasteiger partial charge < -0.3 is 10.2 Å². The van der Waals surface area contributed by atoms with Gasteiger partial charge in [0.15, 0.2) is 5.82 Å². The van der Waals surface area contributed by atoms with E-state index < -0.39 is 0 Å². The van der Waals surface area contributed by atoms with Gasteiger partial charge in [-0.2, -0.15) is 0 Å². The van der Waals surface area contributed by atoms with Crippen molar-refractivity contribution in [1.29, 1.82) is 0 Å². The van der Waals surface area contributed by atoms with Crippen LogP contribution in [0.3, 0.4) is 0 Å². The highest BCUT2D eigenvalue weighted by molar-refractivity contribution is 6.32. The van der Waals surface area contributed by atoms with Crippen LogP contribution in [0, 0.1) is 0 Å². The number of fused-ring (bicyclic) bond motifs is 1. The van der Waals surface area contributed by atoms with E-state index >= 15 is 0 Å². The van der Waals surface area contributed by atoms with Crippen molar-refractivity contribution < 1.29 is 0 Å². The van der Waals surface area contributed by atoms with Gasteiger partial charge in [0.25, 0.3) is 5.56 Å². The number of para-hydroxylation sites is 3. The van der Waals surface area contributed by atoms with Crippen molar-refractivity contribution in [3.05, 3.63) is 63.9 Å². The molecule has 6 heteroatoms. The Balaban J connectivity index is 2.02. The topological polar surface area (TPSA) is 50.2 Å². The predicted molar refractivity (Wildman–Crippen MR) is 97.4 cm³/mol. The fourth-order valence-corrected chi connectivity index (χ4v) is 3.29. The second-order valence-corrected chi connectivity index (χ2v) is 6.16. The largest absolute Gasteiger partial charge is 0.349 e. The third-order valence-corrected chi connectivity index (χ3v) is 4.57. The van der Waals surface area contributed by atoms with Crippen molar-refractivity contribution in [2.45, 2.75) is 0 Å². The molecule has 0 amide bonds. The van der Waals surface area contributed by atoms with E-state index in [-0.39, 0.29) is 5.56 Å². The number of nitrogens with zero attached hydrogens (tertiary/aromatic N) is 3. The third-order valence-electron chi connectivity index (χ3n) is 4.25. The molecule has 24 heavy (non-hydrogen) atoms. The molecule has 0 bridgehead atoms. The second kappa shape index (κ2) is 6.26. The first-order valence-corrected chi connectivity index (χ1v) is 8.36. The molecule has 0 radical (unpaired) electrons. The number of piperazine rings is 1. The van der Waals surface area contributed by atoms with Crippen LogP contribution < -0.4 is 15.8 Å². The number of hydrogen-bond donors (Lipinski definition) is 1. The van der Waals surface area contributed by atoms with E-state index in [1.54, 1.807) is 10.6 Å². The highest BCUT2D eigenvalue weighted by Gasteiger charge is 2.20. The molecule has 1 aromatic heterocycles. The number of nitrogens with one attached hydrogen (secondary N) is 1. The number of benzene rings is 2. The monoisotopic (exact) mass is 340 g/mol. The summed E-state index contributed by atoms with van der Waals surface area (Å²) in [6.45, 7) is 3.23. The molecule has 0 atom stereocenters. The molecular formula is C18H17ClN4O. The van der Waals surface area contributed by atoms with Crippen LogP contribution in [0.5, 0.6) is 0 Å². The molecule has 5 nitrogen and oxygen atoms in total. The number of hydrogen-bond acceptors (Lipinski definition) is 4. The molecular weight excluding hydrogens is 324 g/mol. The lowest BCUT2D eigenvalue weighted by Crippen LogP contribution is -2.46. The van der Waals surface area contributed by atoms with Crippen LogP contribution in [0.25, 0.3) is 16.7 Å². The van der Waals surface area contributed by atoms with Gasteiger partial charge in [0.2, 0.25) is 0 Å². The van der Waals surface area contributed by atoms with Crippen LogP contribution in [0.1, 0.15) is 0 Å². The Kier molecular flexibility index (Phi) is 3.96. The minimum absolute atomic E-state index is 0.135. The number of anilines is 1. The van der Waals surface area contributed by atoms with E-state index in [0.717, 1.165) is 37.2 Å². The van der Waals surface area contributed by atoms with Crippen molar-refractivity contribution in [3.63, 3.8) is 0 Å². The van der Waals surface area contributed by atoms with Gasteiger partial charge in [0, 0.05) is 26.2 Å². The lowest BCUT2D eigenvalue weighted by atomic mass is 10.2. The van der Waals surface area contributed by atoms with E-state index in [1.807, 2.05) is 47.4 Å². The summed E-state index contributed by atoms with van der Waals surface area (Å²) in [6.07, 6.45) is 0. The lowest BCUT2D eigenvalue weighted by Gasteiger charge is -2.28. The van der Waals surface area contributed by atoms with Crippen molar-refractivity contribution in [2.75, 3.05) is 31.1 Å². The van der Waals surface area contributed by atoms with Gasteiger partial charge in [-0.25, -0.2) is 4.98 Å². The fraction of sp³-hybridized carbons (Fsp3) is 0.222. The number of halogens is 1. The van der Waals surface area contributed by atoms with Gasteiger partial charge in [-0.3, -0.25) is 9.36 Å². The van der Waals surface area contributed by atoms with E-state index in [0.29, 0.717) is 16.5 Å². The van der Waals surface area contributed by atoms with Crippen molar-refractivity contribution in [2.24, 2.45) is 0 Å². The zero-order valence-electron chi connectivity index (χ0n) is 13.1. The van der Waals surface area contributed by atoms with Gasteiger partial charge in [0.1, 0.15) is 0 Å². The van der Waals surface area contributed by atoms with Crippen LogP contribution in [-0.4, -0.2) is 35.7 Å². The Morgan fingerprint density at radius 1 is 1.00 bits per heavy atom. The summed E-state index contributed by atoms with van der Waals surface area (Å²) < 4.78 is 1.67. The molecule has 1 saturated heterocycles. The molecule has 3 aromatic rings. The molecule has 2 aromatic carbocycles. The van der Waals surface area contributed by atoms with Crippen LogP contribution in [-0.2, 0) is 0 Å². The third kappa shape index (κ3) is 2.56. The van der Waals surface area contributed by atoms with E-state index in [2.05, 4.69) is 10.3 Å². The van der Waals surface area contributed by atoms with E-state index in [4.69, 9.17) is 11.6 Å². The molecule has 1 aliphatic rings. The van der Waals surface area contributed by atoms with Crippen molar-refractivity contribution in [3.8, 4) is 5.69 Å². The normalized spacial score (nSPS) is 15.0. The van der Waals surface area contributed by atoms with E-state index in [9.17, 15) is 4.79 Å². The fourth-order valence-electron chi connectivity index (χ4n) is 3.07. The summed E-state index contributed by atoms with van der Waals surface area (Å²) in [5, 5.41) is 3.84. The summed E-state index contributed by atoms with van der Waals surface area (Å²) in [7, 11) is 0. The maximum absolute atomic E-state index is 13.2. The molecule has 0 unspecified atom stereocenters. The Bertz CT molecular complexity index is 947. The molecule has 122 valence electrons. The van der Waals surface area contributed by atoms with Crippen LogP contribution >= 0.6 is 11.6 Å². The maximum atomic E-state index is 13.2. The predicted octanol–water partition coefficient (Wildman–Crippen LogP) is 2.45. The van der Waals surface area contributed by atoms with Gasteiger partial charge in [-0.1, -0.05) is 35.9 Å². The van der Waals surface area contributed by atoms with Crippen LogP contribution in [0.4, 0.5) is 5.82 Å². The maximum Gasteiger partial charge on any atom is 0.298 e. The summed E-state index contributed by atoms with van der Waals surface area (Å²) in [4.78, 5) is 19.9. The average Bonchev–Trinajstić information content (AvgIpc) is 2.63. The summed E-state index contributed by atoms with van der Waals surface area (Å²) in [5.74, 6) is 0.482. The number of aromatic nitrogens is 2. The van der Waals surface area contributed by atoms with Gasteiger partial charge >= 0.3 is 0 Å². The van der Waals surface area contributed by atoms with Crippen molar-refractivity contribution in [1.82, 2.24) is 14.9 Å². The molecule has 1 fully saturated rings. The Morgan fingerprint density at radius 3 is 2.50 bits per heavy atom. The number of rotatable bonds is 2. The SMILES string of the molecule is O=c1c(N2CCNCC2)nc2ccccc2n1-c1ccccc1Cl. The molecule has 1 aliphatic heterocycles. The van der Waals surface area contributed by atoms with Crippen LogP contribution in [0.15, 0.2) is 53.3 Å². The zero-order valence-corrected chi connectivity index (χ0v) is 13.8. The highest BCUT2D eigenvalue weighted by Crippen LogP contribution is 2.23. The van der Waals surface area contributed by atoms with Crippen molar-refractivity contribution >= 4 is 28.5 Å². The Hall–Kier alpha value is -2.37. The lowest BCUT2D eigenvalue weighted by molar-refractivity contribution is 0.583. The first kappa shape index (κ1) is 15.2. The first-order chi connectivity index (χ1) is 11.8. The van der Waals surface area contributed by atoms with E-state index in [1.165, 1.54) is 0 Å². The Morgan fingerprint density at radius 2 is 1.71 bits per heavy atom. The highest BCUT2D eigenvalue weighted by atomic mass is 35.5. The van der Waals surface area contributed by atoms with Gasteiger partial charge in [-0.15, -0.1) is 0 Å². The minimum Gasteiger partial charge on any atom is -0.349 e. The first-order valence-electron chi connectivity index (χ1n) is 7.98. The summed E-state index contributed by atoms with van der Waals surface area (Å²) in [6, 6.07) is 15.0. The average molecular weight is 341 g/mol. The summed E-state index contributed by atoms with van der Waals surface area (Å²) >= 11 is 6.37. The van der Waals surface area contributed by atoms with Gasteiger partial charge in [0.05, 0.1) is 21.7 Å². The smallest absolute Gasteiger partial charge is 0.298 e. The van der Waals surface area contributed by atoms with Gasteiger partial charge in [-0.05, 0) is 24.3 Å². The van der Waals surface area contributed by atoms with Crippen LogP contribution in [0.2, 0.25) is 5.02 Å². The standard InChI is InChI=1S/C18H17ClN4O/c19-13-5-1-3-7-15(13)23-16-8-4-2-6-14(16)21-17(18(23)24)22-11-9-20-10-12-22/h1-8,20H,9-12H2. The molecule has 0 aliphatic carbocycles. The Labute approximate surface area is 144 Å². The zero-order chi connectivity index (χ0) is 16.5. The second-order valence-electron chi connectivity index (χ2n) is 5.75. The molecule has 0 spiro atoms. The minimum atomic E-state index is -0.135.